The van der Waals surface area contributed by atoms with Gasteiger partial charge in [-0.3, -0.25) is 0 Å². The maximum absolute atomic E-state index is 14.3. The van der Waals surface area contributed by atoms with Crippen molar-refractivity contribution in [3.8, 4) is 0 Å². The van der Waals surface area contributed by atoms with Gasteiger partial charge in [-0.05, 0) is 30.7 Å². The lowest BCUT2D eigenvalue weighted by atomic mass is 10.0. The van der Waals surface area contributed by atoms with E-state index in [4.69, 9.17) is 0 Å². The summed E-state index contributed by atoms with van der Waals surface area (Å²) in [5, 5.41) is 3.35. The zero-order chi connectivity index (χ0) is 15.2. The quantitative estimate of drug-likeness (QED) is 0.859. The van der Waals surface area contributed by atoms with Crippen LogP contribution in [0.25, 0.3) is 0 Å². The number of anilines is 1. The van der Waals surface area contributed by atoms with Gasteiger partial charge in [0.15, 0.2) is 0 Å². The lowest BCUT2D eigenvalue weighted by Crippen LogP contribution is -2.24. The molecule has 1 unspecified atom stereocenters. The van der Waals surface area contributed by atoms with Crippen LogP contribution in [0.15, 0.2) is 48.5 Å². The summed E-state index contributed by atoms with van der Waals surface area (Å²) >= 11 is 0. The molecule has 0 bridgehead atoms. The molecule has 0 spiro atoms. The fourth-order valence-corrected chi connectivity index (χ4v) is 2.64. The fourth-order valence-electron chi connectivity index (χ4n) is 2.64. The van der Waals surface area contributed by atoms with E-state index < -0.39 is 0 Å². The molecular weight excluding hydrogens is 263 g/mol. The molecule has 0 fully saturated rings. The normalized spacial score (nSPS) is 12.2. The van der Waals surface area contributed by atoms with Crippen molar-refractivity contribution in [3.05, 3.63) is 65.5 Å². The fraction of sp³-hybridized carbons (Fsp3) is 0.333. The maximum atomic E-state index is 14.3. The number of hydrogen-bond acceptors (Lipinski definition) is 2. The molecule has 2 aromatic rings. The zero-order valence-corrected chi connectivity index (χ0v) is 12.9. The van der Waals surface area contributed by atoms with Gasteiger partial charge in [-0.15, -0.1) is 0 Å². The van der Waals surface area contributed by atoms with Gasteiger partial charge in [-0.1, -0.05) is 49.4 Å². The third-order valence-electron chi connectivity index (χ3n) is 3.64. The van der Waals surface area contributed by atoms with Gasteiger partial charge in [0.2, 0.25) is 0 Å². The van der Waals surface area contributed by atoms with Gasteiger partial charge in [0.05, 0.1) is 5.69 Å². The van der Waals surface area contributed by atoms with E-state index in [0.29, 0.717) is 12.2 Å². The third kappa shape index (κ3) is 3.82. The smallest absolute Gasteiger partial charge is 0.146 e. The Bertz CT molecular complexity index is 569. The van der Waals surface area contributed by atoms with Crippen molar-refractivity contribution >= 4 is 5.69 Å². The molecule has 2 rings (SSSR count). The molecule has 0 saturated heterocycles. The number of para-hydroxylation sites is 1. The molecular formula is C18H23FN2. The second-order valence-corrected chi connectivity index (χ2v) is 5.30. The van der Waals surface area contributed by atoms with Crippen molar-refractivity contribution in [2.45, 2.75) is 26.4 Å². The first kappa shape index (κ1) is 15.5. The van der Waals surface area contributed by atoms with Crippen LogP contribution >= 0.6 is 0 Å². The van der Waals surface area contributed by atoms with Crippen molar-refractivity contribution in [1.82, 2.24) is 5.32 Å². The van der Waals surface area contributed by atoms with Crippen LogP contribution in [0.1, 0.15) is 31.0 Å². The highest BCUT2D eigenvalue weighted by Gasteiger charge is 2.17. The van der Waals surface area contributed by atoms with Gasteiger partial charge in [0.1, 0.15) is 5.82 Å². The minimum absolute atomic E-state index is 0.124. The summed E-state index contributed by atoms with van der Waals surface area (Å²) in [6.45, 7) is 5.68. The minimum atomic E-state index is -0.171. The average Bonchev–Trinajstić information content (AvgIpc) is 2.48. The molecule has 0 aliphatic carbocycles. The predicted octanol–water partition coefficient (Wildman–Crippen LogP) is 4.13. The molecule has 0 aromatic heterocycles. The van der Waals surface area contributed by atoms with E-state index >= 15 is 0 Å². The molecule has 0 aliphatic rings. The van der Waals surface area contributed by atoms with E-state index in [9.17, 15) is 4.39 Å². The molecule has 0 radical (unpaired) electrons. The average molecular weight is 286 g/mol. The number of nitrogens with one attached hydrogen (secondary N) is 1. The lowest BCUT2D eigenvalue weighted by Gasteiger charge is -2.26. The molecule has 0 amide bonds. The second kappa shape index (κ2) is 7.23. The highest BCUT2D eigenvalue weighted by molar-refractivity contribution is 5.56. The van der Waals surface area contributed by atoms with E-state index in [2.05, 4.69) is 31.3 Å². The Balaban J connectivity index is 2.29. The summed E-state index contributed by atoms with van der Waals surface area (Å²) in [5.41, 5.74) is 2.84. The van der Waals surface area contributed by atoms with Crippen LogP contribution < -0.4 is 10.2 Å². The number of benzene rings is 2. The number of hydrogen-bond donors (Lipinski definition) is 1. The van der Waals surface area contributed by atoms with Crippen LogP contribution in [-0.2, 0) is 6.54 Å². The molecule has 0 heterocycles. The summed E-state index contributed by atoms with van der Waals surface area (Å²) < 4.78 is 14.3. The largest absolute Gasteiger partial charge is 0.368 e. The highest BCUT2D eigenvalue weighted by atomic mass is 19.1. The number of nitrogens with zero attached hydrogens (tertiary/aromatic N) is 1. The Kier molecular flexibility index (Phi) is 5.34. The first-order valence-corrected chi connectivity index (χ1v) is 7.40. The van der Waals surface area contributed by atoms with Crippen molar-refractivity contribution < 1.29 is 4.39 Å². The summed E-state index contributed by atoms with van der Waals surface area (Å²) in [5.74, 6) is -0.171. The molecule has 2 aromatic carbocycles. The van der Waals surface area contributed by atoms with Gasteiger partial charge in [-0.2, -0.15) is 0 Å². The van der Waals surface area contributed by atoms with Gasteiger partial charge < -0.3 is 10.2 Å². The first-order chi connectivity index (χ1) is 10.1. The number of rotatable bonds is 6. The summed E-state index contributed by atoms with van der Waals surface area (Å²) in [4.78, 5) is 1.98. The predicted molar refractivity (Wildman–Crippen MR) is 87.0 cm³/mol. The maximum Gasteiger partial charge on any atom is 0.146 e. The molecule has 2 nitrogen and oxygen atoms in total. The Hall–Kier alpha value is -1.87. The summed E-state index contributed by atoms with van der Waals surface area (Å²) in [6, 6.07) is 15.5. The van der Waals surface area contributed by atoms with E-state index in [-0.39, 0.29) is 11.9 Å². The van der Waals surface area contributed by atoms with Crippen LogP contribution in [0.2, 0.25) is 0 Å². The molecule has 112 valence electrons. The topological polar surface area (TPSA) is 15.3 Å². The van der Waals surface area contributed by atoms with Gasteiger partial charge in [0.25, 0.3) is 0 Å². The monoisotopic (exact) mass is 286 g/mol. The number of halogens is 1. The van der Waals surface area contributed by atoms with E-state index in [1.807, 2.05) is 36.2 Å². The van der Waals surface area contributed by atoms with Crippen molar-refractivity contribution in [2.75, 3.05) is 18.5 Å². The van der Waals surface area contributed by atoms with Gasteiger partial charge >= 0.3 is 0 Å². The highest BCUT2D eigenvalue weighted by Crippen LogP contribution is 2.29. The second-order valence-electron chi connectivity index (χ2n) is 5.30. The molecule has 0 saturated carbocycles. The summed E-state index contributed by atoms with van der Waals surface area (Å²) in [7, 11) is 1.94. The SMILES string of the molecule is CCNC(C)c1cccc(F)c1N(C)Cc1ccccc1. The molecule has 1 atom stereocenters. The summed E-state index contributed by atoms with van der Waals surface area (Å²) in [6.07, 6.45) is 0. The Labute approximate surface area is 126 Å². The molecule has 0 aliphatic heterocycles. The molecule has 1 N–H and O–H groups in total. The van der Waals surface area contributed by atoms with Crippen LogP contribution in [0.5, 0.6) is 0 Å². The van der Waals surface area contributed by atoms with Gasteiger partial charge in [-0.25, -0.2) is 4.39 Å². The lowest BCUT2D eigenvalue weighted by molar-refractivity contribution is 0.579. The van der Waals surface area contributed by atoms with Crippen molar-refractivity contribution in [3.63, 3.8) is 0 Å². The van der Waals surface area contributed by atoms with Crippen LogP contribution in [0, 0.1) is 5.82 Å². The minimum Gasteiger partial charge on any atom is -0.368 e. The van der Waals surface area contributed by atoms with Crippen molar-refractivity contribution in [1.29, 1.82) is 0 Å². The molecule has 21 heavy (non-hydrogen) atoms. The third-order valence-corrected chi connectivity index (χ3v) is 3.64. The Morgan fingerprint density at radius 1 is 1.10 bits per heavy atom. The molecule has 3 heteroatoms. The van der Waals surface area contributed by atoms with Crippen LogP contribution in [0.3, 0.4) is 0 Å². The zero-order valence-electron chi connectivity index (χ0n) is 12.9. The van der Waals surface area contributed by atoms with Crippen LogP contribution in [-0.4, -0.2) is 13.6 Å². The van der Waals surface area contributed by atoms with Crippen molar-refractivity contribution in [2.24, 2.45) is 0 Å². The Morgan fingerprint density at radius 2 is 1.81 bits per heavy atom. The van der Waals surface area contributed by atoms with E-state index in [0.717, 1.165) is 12.1 Å². The van der Waals surface area contributed by atoms with Crippen LogP contribution in [0.4, 0.5) is 10.1 Å². The Morgan fingerprint density at radius 3 is 2.48 bits per heavy atom. The van der Waals surface area contributed by atoms with E-state index in [1.54, 1.807) is 6.07 Å². The standard InChI is InChI=1S/C18H23FN2/c1-4-20-14(2)16-11-8-12-17(19)18(16)21(3)13-15-9-6-5-7-10-15/h5-12,14,20H,4,13H2,1-3H3. The first-order valence-electron chi connectivity index (χ1n) is 7.40. The van der Waals surface area contributed by atoms with E-state index in [1.165, 1.54) is 11.6 Å². The van der Waals surface area contributed by atoms with Gasteiger partial charge in [0, 0.05) is 19.6 Å².